The van der Waals surface area contributed by atoms with Crippen LogP contribution in [0.1, 0.15) is 17.0 Å². The van der Waals surface area contributed by atoms with E-state index in [2.05, 4.69) is 0 Å². The van der Waals surface area contributed by atoms with Crippen LogP contribution in [0, 0.1) is 5.82 Å². The standard InChI is InChI=1S/C16H18ClFN2/c17-13-7-4-8-14(18)16(13)12(10-19)15(20)9-11-5-2-1-3-6-11/h1-8,12,15H,9-10,19-20H2. The maximum atomic E-state index is 14.0. The van der Waals surface area contributed by atoms with E-state index in [-0.39, 0.29) is 24.3 Å². The van der Waals surface area contributed by atoms with Gasteiger partial charge in [-0.15, -0.1) is 0 Å². The lowest BCUT2D eigenvalue weighted by Crippen LogP contribution is -2.36. The van der Waals surface area contributed by atoms with Gasteiger partial charge in [-0.05, 0) is 24.1 Å². The molecule has 0 radical (unpaired) electrons. The van der Waals surface area contributed by atoms with E-state index < -0.39 is 0 Å². The number of hydrogen-bond acceptors (Lipinski definition) is 2. The van der Waals surface area contributed by atoms with Gasteiger partial charge in [0.2, 0.25) is 0 Å². The third-order valence-electron chi connectivity index (χ3n) is 3.46. The molecule has 0 spiro atoms. The predicted octanol–water partition coefficient (Wildman–Crippen LogP) is 3.09. The van der Waals surface area contributed by atoms with Gasteiger partial charge in [-0.2, -0.15) is 0 Å². The van der Waals surface area contributed by atoms with Crippen molar-refractivity contribution in [1.29, 1.82) is 0 Å². The fraction of sp³-hybridized carbons (Fsp3) is 0.250. The number of halogens is 2. The van der Waals surface area contributed by atoms with Gasteiger partial charge >= 0.3 is 0 Å². The molecule has 0 aliphatic rings. The van der Waals surface area contributed by atoms with Crippen molar-refractivity contribution < 1.29 is 4.39 Å². The fourth-order valence-electron chi connectivity index (χ4n) is 2.40. The molecule has 0 fully saturated rings. The molecule has 4 heteroatoms. The van der Waals surface area contributed by atoms with Gasteiger partial charge in [0, 0.05) is 29.1 Å². The van der Waals surface area contributed by atoms with Crippen LogP contribution in [0.2, 0.25) is 5.02 Å². The lowest BCUT2D eigenvalue weighted by atomic mass is 9.88. The van der Waals surface area contributed by atoms with Gasteiger partial charge in [0.05, 0.1) is 0 Å². The third-order valence-corrected chi connectivity index (χ3v) is 3.79. The van der Waals surface area contributed by atoms with Gasteiger partial charge in [-0.25, -0.2) is 4.39 Å². The van der Waals surface area contributed by atoms with E-state index in [0.717, 1.165) is 5.56 Å². The maximum absolute atomic E-state index is 14.0. The molecule has 2 rings (SSSR count). The van der Waals surface area contributed by atoms with Gasteiger partial charge in [0.1, 0.15) is 5.82 Å². The lowest BCUT2D eigenvalue weighted by molar-refractivity contribution is 0.503. The molecule has 2 aromatic carbocycles. The van der Waals surface area contributed by atoms with Crippen LogP contribution in [0.25, 0.3) is 0 Å². The highest BCUT2D eigenvalue weighted by molar-refractivity contribution is 6.31. The Kier molecular flexibility index (Phi) is 5.12. The van der Waals surface area contributed by atoms with Crippen molar-refractivity contribution in [1.82, 2.24) is 0 Å². The predicted molar refractivity (Wildman–Crippen MR) is 81.3 cm³/mol. The summed E-state index contributed by atoms with van der Waals surface area (Å²) in [5.41, 5.74) is 13.5. The number of benzene rings is 2. The first kappa shape index (κ1) is 15.0. The Morgan fingerprint density at radius 2 is 1.75 bits per heavy atom. The number of hydrogen-bond donors (Lipinski definition) is 2. The lowest BCUT2D eigenvalue weighted by Gasteiger charge is -2.24. The SMILES string of the molecule is NCC(c1c(F)cccc1Cl)C(N)Cc1ccccc1. The second kappa shape index (κ2) is 6.84. The smallest absolute Gasteiger partial charge is 0.128 e. The highest BCUT2D eigenvalue weighted by Crippen LogP contribution is 2.29. The van der Waals surface area contributed by atoms with Crippen LogP contribution in [-0.4, -0.2) is 12.6 Å². The minimum absolute atomic E-state index is 0.259. The van der Waals surface area contributed by atoms with Crippen molar-refractivity contribution in [3.63, 3.8) is 0 Å². The molecule has 0 aliphatic heterocycles. The quantitative estimate of drug-likeness (QED) is 0.890. The Labute approximate surface area is 123 Å². The topological polar surface area (TPSA) is 52.0 Å². The Morgan fingerprint density at radius 3 is 2.35 bits per heavy atom. The molecule has 106 valence electrons. The van der Waals surface area contributed by atoms with E-state index in [1.54, 1.807) is 12.1 Å². The van der Waals surface area contributed by atoms with Crippen LogP contribution >= 0.6 is 11.6 Å². The molecular formula is C16H18ClFN2. The molecule has 2 aromatic rings. The van der Waals surface area contributed by atoms with E-state index >= 15 is 0 Å². The molecule has 0 saturated heterocycles. The van der Waals surface area contributed by atoms with E-state index in [1.807, 2.05) is 30.3 Å². The Hall–Kier alpha value is -1.42. The largest absolute Gasteiger partial charge is 0.330 e. The summed E-state index contributed by atoms with van der Waals surface area (Å²) < 4.78 is 14.0. The zero-order valence-electron chi connectivity index (χ0n) is 11.1. The average molecular weight is 293 g/mol. The fourth-order valence-corrected chi connectivity index (χ4v) is 2.70. The second-order valence-corrected chi connectivity index (χ2v) is 5.24. The van der Waals surface area contributed by atoms with Crippen LogP contribution in [0.3, 0.4) is 0 Å². The molecule has 2 nitrogen and oxygen atoms in total. The molecule has 0 amide bonds. The molecular weight excluding hydrogens is 275 g/mol. The molecule has 4 N–H and O–H groups in total. The summed E-state index contributed by atoms with van der Waals surface area (Å²) in [6.45, 7) is 0.259. The molecule has 0 aromatic heterocycles. The van der Waals surface area contributed by atoms with E-state index in [0.29, 0.717) is 17.0 Å². The summed E-state index contributed by atoms with van der Waals surface area (Å²) in [5.74, 6) is -0.652. The Balaban J connectivity index is 2.24. The number of nitrogens with two attached hydrogens (primary N) is 2. The maximum Gasteiger partial charge on any atom is 0.128 e. The van der Waals surface area contributed by atoms with Crippen molar-refractivity contribution in [3.05, 3.63) is 70.5 Å². The van der Waals surface area contributed by atoms with Crippen LogP contribution in [-0.2, 0) is 6.42 Å². The minimum atomic E-state index is -0.350. The summed E-state index contributed by atoms with van der Waals surface area (Å²) >= 11 is 6.10. The molecule has 0 bridgehead atoms. The zero-order valence-corrected chi connectivity index (χ0v) is 11.9. The normalized spacial score (nSPS) is 14.0. The molecule has 0 heterocycles. The first-order chi connectivity index (χ1) is 9.63. The van der Waals surface area contributed by atoms with Crippen LogP contribution in [0.5, 0.6) is 0 Å². The second-order valence-electron chi connectivity index (χ2n) is 4.83. The van der Waals surface area contributed by atoms with Gasteiger partial charge in [0.15, 0.2) is 0 Å². The average Bonchev–Trinajstić information content (AvgIpc) is 2.44. The summed E-state index contributed by atoms with van der Waals surface area (Å²) in [6, 6.07) is 14.2. The van der Waals surface area contributed by atoms with E-state index in [1.165, 1.54) is 6.07 Å². The molecule has 0 saturated carbocycles. The summed E-state index contributed by atoms with van der Waals surface area (Å²) in [5, 5.41) is 0.379. The molecule has 20 heavy (non-hydrogen) atoms. The van der Waals surface area contributed by atoms with Crippen molar-refractivity contribution in [3.8, 4) is 0 Å². The van der Waals surface area contributed by atoms with E-state index in [4.69, 9.17) is 23.1 Å². The summed E-state index contributed by atoms with van der Waals surface area (Å²) in [4.78, 5) is 0. The third kappa shape index (κ3) is 3.37. The van der Waals surface area contributed by atoms with E-state index in [9.17, 15) is 4.39 Å². The molecule has 2 atom stereocenters. The number of rotatable bonds is 5. The monoisotopic (exact) mass is 292 g/mol. The van der Waals surface area contributed by atoms with Crippen molar-refractivity contribution >= 4 is 11.6 Å². The highest BCUT2D eigenvalue weighted by atomic mass is 35.5. The van der Waals surface area contributed by atoms with Crippen molar-refractivity contribution in [2.75, 3.05) is 6.54 Å². The van der Waals surface area contributed by atoms with Gasteiger partial charge in [-0.1, -0.05) is 48.0 Å². The van der Waals surface area contributed by atoms with Gasteiger partial charge < -0.3 is 11.5 Å². The summed E-state index contributed by atoms with van der Waals surface area (Å²) in [7, 11) is 0. The van der Waals surface area contributed by atoms with Crippen molar-refractivity contribution in [2.24, 2.45) is 11.5 Å². The summed E-state index contributed by atoms with van der Waals surface area (Å²) in [6.07, 6.45) is 0.632. The van der Waals surface area contributed by atoms with Gasteiger partial charge in [0.25, 0.3) is 0 Å². The van der Waals surface area contributed by atoms with Crippen LogP contribution in [0.4, 0.5) is 4.39 Å². The molecule has 2 unspecified atom stereocenters. The highest BCUT2D eigenvalue weighted by Gasteiger charge is 2.24. The Bertz CT molecular complexity index is 539. The molecule has 0 aliphatic carbocycles. The zero-order chi connectivity index (χ0) is 14.5. The minimum Gasteiger partial charge on any atom is -0.330 e. The van der Waals surface area contributed by atoms with Crippen LogP contribution < -0.4 is 11.5 Å². The first-order valence-corrected chi connectivity index (χ1v) is 6.94. The van der Waals surface area contributed by atoms with Crippen LogP contribution in [0.15, 0.2) is 48.5 Å². The Morgan fingerprint density at radius 1 is 1.05 bits per heavy atom. The van der Waals surface area contributed by atoms with Crippen molar-refractivity contribution in [2.45, 2.75) is 18.4 Å². The first-order valence-electron chi connectivity index (χ1n) is 6.57. The van der Waals surface area contributed by atoms with Gasteiger partial charge in [-0.3, -0.25) is 0 Å².